The number of hydrogen-bond acceptors (Lipinski definition) is 7. The number of rotatable bonds is 3. The Bertz CT molecular complexity index is 1290. The highest BCUT2D eigenvalue weighted by Crippen LogP contribution is 2.50. The molecule has 1 unspecified atom stereocenters. The fraction of sp³-hybridized carbons (Fsp3) is 0.577. The molecule has 4 atom stereocenters. The number of ether oxygens (including phenoxy) is 2. The molecule has 2 aromatic rings. The zero-order valence-electron chi connectivity index (χ0n) is 19.9. The van der Waals surface area contributed by atoms with Crippen molar-refractivity contribution < 1.29 is 13.9 Å². The predicted molar refractivity (Wildman–Crippen MR) is 127 cm³/mol. The number of aromatic nitrogens is 2. The Balaban J connectivity index is 1.33. The molecule has 35 heavy (non-hydrogen) atoms. The Morgan fingerprint density at radius 2 is 2.29 bits per heavy atom. The summed E-state index contributed by atoms with van der Waals surface area (Å²) in [5.74, 6) is 0.277. The topological polar surface area (TPSA) is 117 Å². The summed E-state index contributed by atoms with van der Waals surface area (Å²) in [7, 11) is 0. The van der Waals surface area contributed by atoms with E-state index in [1.54, 1.807) is 6.07 Å². The molecule has 2 fully saturated rings. The number of nitrogens with two attached hydrogens (primary N) is 1. The van der Waals surface area contributed by atoms with Gasteiger partial charge in [-0.05, 0) is 49.8 Å². The van der Waals surface area contributed by atoms with Crippen molar-refractivity contribution in [2.75, 3.05) is 25.4 Å². The van der Waals surface area contributed by atoms with Crippen LogP contribution in [0.3, 0.4) is 0 Å². The molecular weight excluding hydrogens is 449 g/mol. The first-order chi connectivity index (χ1) is 16.8. The average Bonchev–Trinajstić information content (AvgIpc) is 3.36. The monoisotopic (exact) mass is 479 g/mol. The van der Waals surface area contributed by atoms with Crippen LogP contribution >= 0.6 is 0 Å². The molecule has 1 spiro atoms. The van der Waals surface area contributed by atoms with Crippen molar-refractivity contribution in [3.8, 4) is 12.1 Å². The Labute approximate surface area is 203 Å². The van der Waals surface area contributed by atoms with E-state index in [-0.39, 0.29) is 29.6 Å². The van der Waals surface area contributed by atoms with Crippen molar-refractivity contribution in [3.63, 3.8) is 0 Å². The van der Waals surface area contributed by atoms with Gasteiger partial charge in [0.25, 0.3) is 11.6 Å². The summed E-state index contributed by atoms with van der Waals surface area (Å²) in [4.78, 5) is 22.5. The number of aromatic amines is 1. The minimum absolute atomic E-state index is 0.104. The number of H-pyrrole nitrogens is 1. The van der Waals surface area contributed by atoms with E-state index in [4.69, 9.17) is 20.2 Å². The van der Waals surface area contributed by atoms with Gasteiger partial charge in [0.2, 0.25) is 0 Å². The van der Waals surface area contributed by atoms with Gasteiger partial charge in [-0.3, -0.25) is 14.7 Å². The number of nitriles is 1. The number of alkyl halides is 1. The standard InChI is InChI=1S/C26H30FN5O3/c1-15-5-7-26(22-17(15)3-4-20(29)18(22)11-28)10-21-19(13-35-26)23(33)31-24(30-21)34-14-25-6-2-8-32(25)12-16(27)9-25/h3-4,15-16H,2,5-10,12-14,29H2,1H3,(H,30,31,33)/t15-,16+,25?,26-/m0/s1. The molecule has 3 aliphatic heterocycles. The first-order valence-corrected chi connectivity index (χ1v) is 12.4. The Morgan fingerprint density at radius 3 is 3.11 bits per heavy atom. The predicted octanol–water partition coefficient (Wildman–Crippen LogP) is 3.04. The minimum Gasteiger partial charge on any atom is -0.463 e. The number of nitrogens with zero attached hydrogens (tertiary/aromatic N) is 3. The van der Waals surface area contributed by atoms with Crippen LogP contribution < -0.4 is 16.0 Å². The highest BCUT2D eigenvalue weighted by molar-refractivity contribution is 5.63. The summed E-state index contributed by atoms with van der Waals surface area (Å²) < 4.78 is 26.5. The second-order valence-corrected chi connectivity index (χ2v) is 10.7. The summed E-state index contributed by atoms with van der Waals surface area (Å²) in [6.07, 6.45) is 3.48. The number of benzene rings is 1. The average molecular weight is 480 g/mol. The van der Waals surface area contributed by atoms with Crippen LogP contribution in [0.5, 0.6) is 6.01 Å². The fourth-order valence-electron chi connectivity index (χ4n) is 6.78. The van der Waals surface area contributed by atoms with Gasteiger partial charge in [-0.2, -0.15) is 5.26 Å². The molecule has 1 aliphatic carbocycles. The van der Waals surface area contributed by atoms with E-state index in [0.29, 0.717) is 54.9 Å². The van der Waals surface area contributed by atoms with Crippen molar-refractivity contribution >= 4 is 5.69 Å². The van der Waals surface area contributed by atoms with Crippen LogP contribution in [-0.2, 0) is 23.4 Å². The lowest BCUT2D eigenvalue weighted by atomic mass is 9.69. The molecule has 9 heteroatoms. The first-order valence-electron chi connectivity index (χ1n) is 12.4. The van der Waals surface area contributed by atoms with Crippen LogP contribution in [-0.4, -0.2) is 46.3 Å². The van der Waals surface area contributed by atoms with Crippen molar-refractivity contribution in [1.82, 2.24) is 14.9 Å². The van der Waals surface area contributed by atoms with E-state index in [2.05, 4.69) is 22.9 Å². The van der Waals surface area contributed by atoms with Gasteiger partial charge in [0.15, 0.2) is 0 Å². The first kappa shape index (κ1) is 22.5. The maximum Gasteiger partial charge on any atom is 0.296 e. The van der Waals surface area contributed by atoms with Gasteiger partial charge in [0, 0.05) is 30.6 Å². The fourth-order valence-corrected chi connectivity index (χ4v) is 6.78. The molecule has 1 aromatic heterocycles. The summed E-state index contributed by atoms with van der Waals surface area (Å²) in [6, 6.07) is 6.22. The van der Waals surface area contributed by atoms with Gasteiger partial charge in [-0.1, -0.05) is 13.0 Å². The van der Waals surface area contributed by atoms with E-state index >= 15 is 0 Å². The molecule has 0 bridgehead atoms. The normalized spacial score (nSPS) is 31.6. The van der Waals surface area contributed by atoms with E-state index in [9.17, 15) is 14.4 Å². The van der Waals surface area contributed by atoms with Gasteiger partial charge in [0.05, 0.1) is 29.0 Å². The molecule has 0 radical (unpaired) electrons. The maximum atomic E-state index is 14.1. The summed E-state index contributed by atoms with van der Waals surface area (Å²) in [6.45, 7) is 3.86. The van der Waals surface area contributed by atoms with Crippen LogP contribution in [0.15, 0.2) is 16.9 Å². The second kappa shape index (κ2) is 8.04. The molecular formula is C26H30FN5O3. The minimum atomic E-state index is -0.845. The summed E-state index contributed by atoms with van der Waals surface area (Å²) in [5.41, 5.74) is 8.69. The molecule has 184 valence electrons. The maximum absolute atomic E-state index is 14.1. The molecule has 0 amide bonds. The van der Waals surface area contributed by atoms with Crippen LogP contribution in [0.4, 0.5) is 10.1 Å². The molecule has 1 aromatic carbocycles. The highest BCUT2D eigenvalue weighted by Gasteiger charge is 2.50. The largest absolute Gasteiger partial charge is 0.463 e. The summed E-state index contributed by atoms with van der Waals surface area (Å²) in [5, 5.41) is 9.92. The van der Waals surface area contributed by atoms with E-state index < -0.39 is 11.8 Å². The zero-order valence-corrected chi connectivity index (χ0v) is 19.9. The molecule has 4 aliphatic rings. The van der Waals surface area contributed by atoms with Gasteiger partial charge < -0.3 is 15.2 Å². The van der Waals surface area contributed by atoms with Gasteiger partial charge in [-0.25, -0.2) is 9.37 Å². The number of nitrogens with one attached hydrogen (secondary N) is 1. The SMILES string of the molecule is C[C@H]1CC[C@]2(Cc3nc(OCC45CCCN4C[C@H](F)C5)[nH]c(=O)c3CO2)c2c1ccc(N)c2C#N. The quantitative estimate of drug-likeness (QED) is 0.650. The van der Waals surface area contributed by atoms with Crippen molar-refractivity contribution in [2.45, 2.75) is 75.3 Å². The third-order valence-corrected chi connectivity index (χ3v) is 8.61. The Kier molecular flexibility index (Phi) is 5.17. The van der Waals surface area contributed by atoms with E-state index in [1.165, 1.54) is 0 Å². The lowest BCUT2D eigenvalue weighted by Crippen LogP contribution is -2.44. The van der Waals surface area contributed by atoms with E-state index in [0.717, 1.165) is 36.9 Å². The summed E-state index contributed by atoms with van der Waals surface area (Å²) >= 11 is 0. The number of halogens is 1. The third-order valence-electron chi connectivity index (χ3n) is 8.61. The lowest BCUT2D eigenvalue weighted by molar-refractivity contribution is -0.0880. The van der Waals surface area contributed by atoms with Gasteiger partial charge >= 0.3 is 0 Å². The molecule has 2 saturated heterocycles. The highest BCUT2D eigenvalue weighted by atomic mass is 19.1. The zero-order chi connectivity index (χ0) is 24.4. The van der Waals surface area contributed by atoms with Gasteiger partial charge in [-0.15, -0.1) is 0 Å². The van der Waals surface area contributed by atoms with Crippen LogP contribution in [0.2, 0.25) is 0 Å². The number of nitrogen functional groups attached to an aromatic ring is 1. The molecule has 8 nitrogen and oxygen atoms in total. The molecule has 0 saturated carbocycles. The van der Waals surface area contributed by atoms with Crippen molar-refractivity contribution in [3.05, 3.63) is 50.4 Å². The smallest absolute Gasteiger partial charge is 0.296 e. The molecule has 3 N–H and O–H groups in total. The van der Waals surface area contributed by atoms with Crippen LogP contribution in [0.1, 0.15) is 72.9 Å². The number of fused-ring (bicyclic) bond motifs is 4. The van der Waals surface area contributed by atoms with Crippen molar-refractivity contribution in [1.29, 1.82) is 5.26 Å². The number of anilines is 1. The Hall–Kier alpha value is -2.96. The number of hydrogen-bond donors (Lipinski definition) is 2. The van der Waals surface area contributed by atoms with Gasteiger partial charge in [0.1, 0.15) is 24.4 Å². The third kappa shape index (κ3) is 3.46. The van der Waals surface area contributed by atoms with Crippen LogP contribution in [0, 0.1) is 11.3 Å². The lowest BCUT2D eigenvalue weighted by Gasteiger charge is -2.44. The molecule has 6 rings (SSSR count). The second-order valence-electron chi connectivity index (χ2n) is 10.7. The van der Waals surface area contributed by atoms with E-state index in [1.807, 2.05) is 6.07 Å². The Morgan fingerprint density at radius 1 is 1.43 bits per heavy atom. The molecule has 4 heterocycles. The van der Waals surface area contributed by atoms with Crippen LogP contribution in [0.25, 0.3) is 0 Å². The van der Waals surface area contributed by atoms with Crippen molar-refractivity contribution in [2.24, 2.45) is 0 Å².